The largest absolute Gasteiger partial charge is 0.487 e. The van der Waals surface area contributed by atoms with Gasteiger partial charge in [-0.2, -0.15) is 0 Å². The first kappa shape index (κ1) is 11.1. The molecule has 1 fully saturated rings. The Kier molecular flexibility index (Phi) is 2.69. The van der Waals surface area contributed by atoms with Crippen LogP contribution in [0.1, 0.15) is 19.3 Å². The molecule has 1 aromatic carbocycles. The van der Waals surface area contributed by atoms with Crippen molar-refractivity contribution in [1.82, 2.24) is 0 Å². The van der Waals surface area contributed by atoms with E-state index < -0.39 is 17.8 Å². The molecule has 1 saturated carbocycles. The molecule has 0 amide bonds. The van der Waals surface area contributed by atoms with E-state index in [9.17, 15) is 13.2 Å². The maximum absolute atomic E-state index is 13.3. The van der Waals surface area contributed by atoms with Gasteiger partial charge in [-0.25, -0.2) is 13.2 Å². The Bertz CT molecular complexity index is 395. The van der Waals surface area contributed by atoms with Gasteiger partial charge in [0, 0.05) is 24.6 Å². The van der Waals surface area contributed by atoms with Gasteiger partial charge in [0.1, 0.15) is 6.10 Å². The van der Waals surface area contributed by atoms with Crippen molar-refractivity contribution in [2.75, 3.05) is 5.73 Å². The fourth-order valence-electron chi connectivity index (χ4n) is 1.80. The summed E-state index contributed by atoms with van der Waals surface area (Å²) in [4.78, 5) is 0. The van der Waals surface area contributed by atoms with Gasteiger partial charge in [0.15, 0.2) is 11.6 Å². The Morgan fingerprint density at radius 1 is 1.38 bits per heavy atom. The molecule has 0 saturated heterocycles. The Labute approximate surface area is 91.2 Å². The average molecular weight is 231 g/mol. The molecule has 2 rings (SSSR count). The molecule has 1 aliphatic rings. The van der Waals surface area contributed by atoms with Crippen molar-refractivity contribution in [2.45, 2.75) is 31.3 Å². The smallest absolute Gasteiger partial charge is 0.251 e. The highest BCUT2D eigenvalue weighted by Crippen LogP contribution is 2.37. The summed E-state index contributed by atoms with van der Waals surface area (Å²) in [5.74, 6) is -3.32. The van der Waals surface area contributed by atoms with Crippen LogP contribution in [-0.2, 0) is 0 Å². The van der Waals surface area contributed by atoms with E-state index in [1.54, 1.807) is 0 Å². The number of alkyl halides is 2. The summed E-state index contributed by atoms with van der Waals surface area (Å²) in [5.41, 5.74) is 5.64. The molecule has 2 nitrogen and oxygen atoms in total. The molecule has 1 atom stereocenters. The number of nitrogen functional groups attached to an aromatic ring is 1. The highest BCUT2D eigenvalue weighted by Gasteiger charge is 2.40. The van der Waals surface area contributed by atoms with Crippen molar-refractivity contribution >= 4 is 5.69 Å². The van der Waals surface area contributed by atoms with Crippen LogP contribution in [0, 0.1) is 5.82 Å². The van der Waals surface area contributed by atoms with Crippen molar-refractivity contribution in [3.8, 4) is 5.75 Å². The number of hydrogen-bond donors (Lipinski definition) is 1. The Morgan fingerprint density at radius 2 is 2.12 bits per heavy atom. The molecule has 0 spiro atoms. The average Bonchev–Trinajstić information content (AvgIpc) is 2.51. The summed E-state index contributed by atoms with van der Waals surface area (Å²) in [6, 6.07) is 3.95. The van der Waals surface area contributed by atoms with Crippen LogP contribution in [0.2, 0.25) is 0 Å². The van der Waals surface area contributed by atoms with Crippen LogP contribution in [0.25, 0.3) is 0 Å². The molecule has 1 aromatic rings. The number of nitrogens with two attached hydrogens (primary N) is 1. The second-order valence-corrected chi connectivity index (χ2v) is 4.03. The molecule has 1 aliphatic carbocycles. The molecule has 16 heavy (non-hydrogen) atoms. The molecule has 0 aromatic heterocycles. The molecule has 5 heteroatoms. The summed E-state index contributed by atoms with van der Waals surface area (Å²) in [6.45, 7) is 0. The van der Waals surface area contributed by atoms with Crippen LogP contribution < -0.4 is 10.5 Å². The topological polar surface area (TPSA) is 35.2 Å². The predicted molar refractivity (Wildman–Crippen MR) is 54.0 cm³/mol. The molecule has 0 aliphatic heterocycles. The fourth-order valence-corrected chi connectivity index (χ4v) is 1.80. The summed E-state index contributed by atoms with van der Waals surface area (Å²) < 4.78 is 44.2. The number of ether oxygens (including phenoxy) is 1. The van der Waals surface area contributed by atoms with Gasteiger partial charge in [-0.15, -0.1) is 0 Å². The molecular formula is C11H12F3NO. The van der Waals surface area contributed by atoms with Gasteiger partial charge >= 0.3 is 0 Å². The second-order valence-electron chi connectivity index (χ2n) is 4.03. The maximum Gasteiger partial charge on any atom is 0.251 e. The molecule has 0 heterocycles. The number of hydrogen-bond acceptors (Lipinski definition) is 2. The van der Waals surface area contributed by atoms with E-state index in [1.165, 1.54) is 12.1 Å². The number of anilines is 1. The van der Waals surface area contributed by atoms with Crippen LogP contribution >= 0.6 is 0 Å². The molecule has 0 radical (unpaired) electrons. The summed E-state index contributed by atoms with van der Waals surface area (Å²) >= 11 is 0. The zero-order valence-electron chi connectivity index (χ0n) is 8.55. The first-order chi connectivity index (χ1) is 7.46. The van der Waals surface area contributed by atoms with Gasteiger partial charge in [-0.1, -0.05) is 0 Å². The maximum atomic E-state index is 13.3. The van der Waals surface area contributed by atoms with E-state index in [-0.39, 0.29) is 30.7 Å². The van der Waals surface area contributed by atoms with Crippen LogP contribution in [0.5, 0.6) is 5.75 Å². The lowest BCUT2D eigenvalue weighted by Crippen LogP contribution is -2.17. The Morgan fingerprint density at radius 3 is 2.69 bits per heavy atom. The third-order valence-corrected chi connectivity index (χ3v) is 2.61. The molecule has 1 unspecified atom stereocenters. The van der Waals surface area contributed by atoms with Gasteiger partial charge in [-0.3, -0.25) is 0 Å². The van der Waals surface area contributed by atoms with Crippen LogP contribution in [-0.4, -0.2) is 12.0 Å². The monoisotopic (exact) mass is 231 g/mol. The van der Waals surface area contributed by atoms with Gasteiger partial charge in [0.25, 0.3) is 5.92 Å². The molecular weight excluding hydrogens is 219 g/mol. The van der Waals surface area contributed by atoms with Crippen molar-refractivity contribution in [2.24, 2.45) is 0 Å². The van der Waals surface area contributed by atoms with Crippen LogP contribution in [0.15, 0.2) is 18.2 Å². The molecule has 0 bridgehead atoms. The number of halogens is 3. The second kappa shape index (κ2) is 3.88. The van der Waals surface area contributed by atoms with Gasteiger partial charge < -0.3 is 10.5 Å². The van der Waals surface area contributed by atoms with E-state index in [1.807, 2.05) is 0 Å². The minimum Gasteiger partial charge on any atom is -0.487 e. The fraction of sp³-hybridized carbons (Fsp3) is 0.455. The number of benzene rings is 1. The summed E-state index contributed by atoms with van der Waals surface area (Å²) in [5, 5.41) is 0. The van der Waals surface area contributed by atoms with Crippen molar-refractivity contribution in [1.29, 1.82) is 0 Å². The van der Waals surface area contributed by atoms with Crippen molar-refractivity contribution in [3.63, 3.8) is 0 Å². The first-order valence-electron chi connectivity index (χ1n) is 5.06. The van der Waals surface area contributed by atoms with E-state index >= 15 is 0 Å². The third kappa shape index (κ3) is 2.40. The van der Waals surface area contributed by atoms with Gasteiger partial charge in [-0.05, 0) is 18.6 Å². The highest BCUT2D eigenvalue weighted by atomic mass is 19.3. The Balaban J connectivity index is 2.05. The van der Waals surface area contributed by atoms with Crippen LogP contribution in [0.4, 0.5) is 18.9 Å². The lowest BCUT2D eigenvalue weighted by Gasteiger charge is -2.14. The van der Waals surface area contributed by atoms with E-state index in [0.717, 1.165) is 6.07 Å². The Hall–Kier alpha value is -1.39. The van der Waals surface area contributed by atoms with Gasteiger partial charge in [0.2, 0.25) is 0 Å². The number of rotatable bonds is 2. The third-order valence-electron chi connectivity index (χ3n) is 2.61. The minimum absolute atomic E-state index is 0.0168. The SMILES string of the molecule is Nc1ccc(OC2CCC(F)(F)C2)c(F)c1. The van der Waals surface area contributed by atoms with Gasteiger partial charge in [0.05, 0.1) is 0 Å². The summed E-state index contributed by atoms with van der Waals surface area (Å²) in [7, 11) is 0. The zero-order chi connectivity index (χ0) is 11.8. The zero-order valence-corrected chi connectivity index (χ0v) is 8.55. The van der Waals surface area contributed by atoms with Crippen LogP contribution in [0.3, 0.4) is 0 Å². The minimum atomic E-state index is -2.69. The first-order valence-corrected chi connectivity index (χ1v) is 5.06. The van der Waals surface area contributed by atoms with E-state index in [0.29, 0.717) is 0 Å². The van der Waals surface area contributed by atoms with Crippen molar-refractivity contribution < 1.29 is 17.9 Å². The molecule has 88 valence electrons. The summed E-state index contributed by atoms with van der Waals surface area (Å²) in [6.07, 6.45) is -0.921. The molecule has 2 N–H and O–H groups in total. The quantitative estimate of drug-likeness (QED) is 0.794. The van der Waals surface area contributed by atoms with E-state index in [4.69, 9.17) is 10.5 Å². The lowest BCUT2D eigenvalue weighted by atomic mass is 10.2. The van der Waals surface area contributed by atoms with Crippen molar-refractivity contribution in [3.05, 3.63) is 24.0 Å². The normalized spacial score (nSPS) is 23.3. The van der Waals surface area contributed by atoms with E-state index in [2.05, 4.69) is 0 Å². The predicted octanol–water partition coefficient (Wildman–Crippen LogP) is 2.97. The standard InChI is InChI=1S/C11H12F3NO/c12-9-5-7(15)1-2-10(9)16-8-3-4-11(13,14)6-8/h1-2,5,8H,3-4,6,15H2. The lowest BCUT2D eigenvalue weighted by molar-refractivity contribution is -0.00134. The highest BCUT2D eigenvalue weighted by molar-refractivity contribution is 5.42.